The zero-order valence-electron chi connectivity index (χ0n) is 17.6. The standard InChI is InChI=1S/C21H27N3O5S2/c1-22-30-20(26)24(18(25)10-13-3-5-17(29-2)6-4-13)19-16-8-14-7-15(9-16)12-21(19,11-14)23-31(27)28/h3-6,14-16,19,22H,7-12H2,1-2H3. The van der Waals surface area contributed by atoms with E-state index >= 15 is 0 Å². The molecule has 31 heavy (non-hydrogen) atoms. The number of nitrogens with one attached hydrogen (secondary N) is 1. The van der Waals surface area contributed by atoms with Gasteiger partial charge < -0.3 is 4.74 Å². The lowest BCUT2D eigenvalue weighted by Crippen LogP contribution is -2.67. The molecule has 4 fully saturated rings. The van der Waals surface area contributed by atoms with E-state index in [1.165, 1.54) is 4.90 Å². The molecule has 3 atom stereocenters. The van der Waals surface area contributed by atoms with Crippen molar-refractivity contribution in [1.82, 2.24) is 9.62 Å². The van der Waals surface area contributed by atoms with Gasteiger partial charge in [-0.25, -0.2) is 0 Å². The summed E-state index contributed by atoms with van der Waals surface area (Å²) >= 11 is 0.847. The Bertz CT molecular complexity index is 973. The number of imide groups is 1. The molecule has 0 heterocycles. The van der Waals surface area contributed by atoms with Crippen molar-refractivity contribution in [3.05, 3.63) is 29.8 Å². The number of hydrogen-bond acceptors (Lipinski definition) is 8. The minimum atomic E-state index is -2.60. The minimum absolute atomic E-state index is 0.0482. The van der Waals surface area contributed by atoms with Gasteiger partial charge in [0, 0.05) is 11.9 Å². The first-order chi connectivity index (χ1) is 14.8. The first-order valence-electron chi connectivity index (χ1n) is 10.5. The fourth-order valence-corrected chi connectivity index (χ4v) is 7.25. The second-order valence-electron chi connectivity index (χ2n) is 8.82. The number of carbonyl (C=O) groups excluding carboxylic acids is 2. The van der Waals surface area contributed by atoms with Gasteiger partial charge >= 0.3 is 15.7 Å². The van der Waals surface area contributed by atoms with Crippen LogP contribution in [0.15, 0.2) is 28.6 Å². The minimum Gasteiger partial charge on any atom is -0.497 e. The lowest BCUT2D eigenvalue weighted by molar-refractivity contribution is -0.138. The fraction of sp³-hybridized carbons (Fsp3) is 0.619. The molecule has 3 unspecified atom stereocenters. The third kappa shape index (κ3) is 4.38. The highest BCUT2D eigenvalue weighted by molar-refractivity contribution is 8.11. The van der Waals surface area contributed by atoms with E-state index in [4.69, 9.17) is 4.74 Å². The summed E-state index contributed by atoms with van der Waals surface area (Å²) in [4.78, 5) is 27.9. The van der Waals surface area contributed by atoms with Gasteiger partial charge in [0.05, 0.1) is 25.1 Å². The van der Waals surface area contributed by atoms with E-state index in [0.29, 0.717) is 30.4 Å². The number of ether oxygens (including phenoxy) is 1. The molecule has 4 bridgehead atoms. The van der Waals surface area contributed by atoms with Crippen LogP contribution in [0.1, 0.15) is 37.7 Å². The van der Waals surface area contributed by atoms with Crippen molar-refractivity contribution >= 4 is 33.6 Å². The van der Waals surface area contributed by atoms with E-state index in [2.05, 4.69) is 9.08 Å². The second kappa shape index (κ2) is 8.91. The quantitative estimate of drug-likeness (QED) is 0.644. The monoisotopic (exact) mass is 465 g/mol. The van der Waals surface area contributed by atoms with Crippen LogP contribution in [0.3, 0.4) is 0 Å². The number of benzene rings is 1. The van der Waals surface area contributed by atoms with Gasteiger partial charge in [0.2, 0.25) is 5.91 Å². The number of methoxy groups -OCH3 is 1. The van der Waals surface area contributed by atoms with Crippen LogP contribution in [-0.4, -0.2) is 50.2 Å². The van der Waals surface area contributed by atoms with Crippen molar-refractivity contribution < 1.29 is 22.7 Å². The van der Waals surface area contributed by atoms with E-state index in [1.807, 2.05) is 0 Å². The molecule has 4 aliphatic rings. The lowest BCUT2D eigenvalue weighted by atomic mass is 9.50. The van der Waals surface area contributed by atoms with E-state index < -0.39 is 27.3 Å². The number of carbonyl (C=O) groups is 2. The van der Waals surface area contributed by atoms with Gasteiger partial charge in [-0.2, -0.15) is 12.8 Å². The van der Waals surface area contributed by atoms with Crippen LogP contribution in [0.2, 0.25) is 0 Å². The zero-order valence-corrected chi connectivity index (χ0v) is 19.2. The zero-order chi connectivity index (χ0) is 22.2. The Labute approximate surface area is 187 Å². The van der Waals surface area contributed by atoms with Gasteiger partial charge in [-0.15, -0.1) is 0 Å². The fourth-order valence-electron chi connectivity index (χ4n) is 6.21. The van der Waals surface area contributed by atoms with Crippen LogP contribution in [0.4, 0.5) is 4.79 Å². The smallest absolute Gasteiger partial charge is 0.311 e. The molecule has 10 heteroatoms. The highest BCUT2D eigenvalue weighted by Crippen LogP contribution is 2.59. The van der Waals surface area contributed by atoms with Crippen LogP contribution in [0, 0.1) is 17.8 Å². The molecule has 5 rings (SSSR count). The van der Waals surface area contributed by atoms with Crippen LogP contribution in [0.25, 0.3) is 0 Å². The average Bonchev–Trinajstić information content (AvgIpc) is 2.70. The molecule has 1 aromatic rings. The van der Waals surface area contributed by atoms with Crippen molar-refractivity contribution in [2.24, 2.45) is 22.1 Å². The lowest BCUT2D eigenvalue weighted by Gasteiger charge is -2.60. The van der Waals surface area contributed by atoms with Crippen LogP contribution in [0.5, 0.6) is 5.75 Å². The normalized spacial score (nSPS) is 30.6. The van der Waals surface area contributed by atoms with Crippen molar-refractivity contribution in [2.45, 2.75) is 50.1 Å². The number of amides is 2. The molecule has 0 saturated heterocycles. The third-order valence-electron chi connectivity index (χ3n) is 6.92. The van der Waals surface area contributed by atoms with Crippen molar-refractivity contribution in [1.29, 1.82) is 0 Å². The average molecular weight is 466 g/mol. The van der Waals surface area contributed by atoms with Gasteiger partial charge in [-0.1, -0.05) is 12.1 Å². The third-order valence-corrected chi connectivity index (χ3v) is 8.01. The molecule has 0 aliphatic heterocycles. The highest BCUT2D eigenvalue weighted by atomic mass is 32.2. The van der Waals surface area contributed by atoms with Crippen molar-refractivity contribution in [2.75, 3.05) is 14.2 Å². The van der Waals surface area contributed by atoms with E-state index in [0.717, 1.165) is 36.8 Å². The maximum absolute atomic E-state index is 13.5. The molecule has 0 spiro atoms. The molecule has 168 valence electrons. The maximum Gasteiger partial charge on any atom is 0.311 e. The van der Waals surface area contributed by atoms with Gasteiger partial charge in [0.25, 0.3) is 0 Å². The van der Waals surface area contributed by atoms with Crippen molar-refractivity contribution in [3.63, 3.8) is 0 Å². The second-order valence-corrected chi connectivity index (χ2v) is 10.4. The summed E-state index contributed by atoms with van der Waals surface area (Å²) in [5.74, 6) is 1.26. The molecule has 4 saturated carbocycles. The highest BCUT2D eigenvalue weighted by Gasteiger charge is 2.61. The molecule has 0 aromatic heterocycles. The van der Waals surface area contributed by atoms with E-state index in [1.54, 1.807) is 38.4 Å². The molecular weight excluding hydrogens is 438 g/mol. The number of hydrogen-bond donors (Lipinski definition) is 1. The topological polar surface area (TPSA) is 105 Å². The molecule has 1 N–H and O–H groups in total. The van der Waals surface area contributed by atoms with Gasteiger partial charge in [-0.3, -0.25) is 19.2 Å². The molecular formula is C21H27N3O5S2. The van der Waals surface area contributed by atoms with Crippen LogP contribution in [-0.2, 0) is 21.7 Å². The first-order valence-corrected chi connectivity index (χ1v) is 12.3. The predicted molar refractivity (Wildman–Crippen MR) is 117 cm³/mol. The van der Waals surface area contributed by atoms with Gasteiger partial charge in [0.1, 0.15) is 5.75 Å². The molecule has 8 nitrogen and oxygen atoms in total. The Hall–Kier alpha value is -1.91. The van der Waals surface area contributed by atoms with E-state index in [9.17, 15) is 18.0 Å². The maximum atomic E-state index is 13.5. The Morgan fingerprint density at radius 3 is 2.39 bits per heavy atom. The number of nitrogens with zero attached hydrogens (tertiary/aromatic N) is 2. The summed E-state index contributed by atoms with van der Waals surface area (Å²) < 4.78 is 35.5. The summed E-state index contributed by atoms with van der Waals surface area (Å²) in [7, 11) is 0.600. The Balaban J connectivity index is 1.69. The summed E-state index contributed by atoms with van der Waals surface area (Å²) in [6.45, 7) is 0. The Morgan fingerprint density at radius 1 is 1.19 bits per heavy atom. The van der Waals surface area contributed by atoms with Gasteiger partial charge in [0.15, 0.2) is 0 Å². The summed E-state index contributed by atoms with van der Waals surface area (Å²) in [5.41, 5.74) is -0.138. The van der Waals surface area contributed by atoms with Crippen LogP contribution >= 0.6 is 11.9 Å². The summed E-state index contributed by atoms with van der Waals surface area (Å²) in [6, 6.07) is 6.62. The molecule has 4 aliphatic carbocycles. The summed E-state index contributed by atoms with van der Waals surface area (Å²) in [6.07, 6.45) is 4.18. The SMILES string of the molecule is CNSC(=O)N(C(=O)Cc1ccc(OC)cc1)C1C2CC3CC(C2)CC1(N=S(=O)=O)C3. The largest absolute Gasteiger partial charge is 0.497 e. The number of rotatable bonds is 6. The Morgan fingerprint density at radius 2 is 1.84 bits per heavy atom. The van der Waals surface area contributed by atoms with Crippen molar-refractivity contribution in [3.8, 4) is 5.75 Å². The predicted octanol–water partition coefficient (Wildman–Crippen LogP) is 3.06. The molecule has 1 aromatic carbocycles. The summed E-state index contributed by atoms with van der Waals surface area (Å²) in [5, 5.41) is -0.412. The van der Waals surface area contributed by atoms with E-state index in [-0.39, 0.29) is 18.2 Å². The molecule has 0 radical (unpaired) electrons. The first kappa shape index (κ1) is 22.3. The van der Waals surface area contributed by atoms with Gasteiger partial charge in [-0.05, 0) is 74.6 Å². The molecule has 2 amide bonds. The van der Waals surface area contributed by atoms with Crippen LogP contribution < -0.4 is 9.46 Å². The Kier molecular flexibility index (Phi) is 6.41.